The maximum absolute atomic E-state index is 11.7. The Hall–Kier alpha value is -2.37. The molecule has 1 aromatic rings. The van der Waals surface area contributed by atoms with E-state index in [1.807, 2.05) is 30.3 Å². The summed E-state index contributed by atoms with van der Waals surface area (Å²) in [6.07, 6.45) is 7.56. The Balaban J connectivity index is 2.41. The first kappa shape index (κ1) is 14.7. The molecule has 4 heteroatoms. The van der Waals surface area contributed by atoms with Crippen molar-refractivity contribution in [2.45, 2.75) is 25.7 Å². The third-order valence-corrected chi connectivity index (χ3v) is 2.52. The fraction of sp³-hybridized carbons (Fsp3) is 0.333. The van der Waals surface area contributed by atoms with E-state index in [0.717, 1.165) is 12.0 Å². The van der Waals surface area contributed by atoms with Gasteiger partial charge in [-0.1, -0.05) is 30.3 Å². The molecule has 0 saturated carbocycles. The molecule has 0 atom stereocenters. The number of terminal acetylenes is 1. The highest BCUT2D eigenvalue weighted by atomic mass is 16.5. The number of carbonyl (C=O) groups is 1. The lowest BCUT2D eigenvalue weighted by molar-refractivity contribution is -0.140. The van der Waals surface area contributed by atoms with Gasteiger partial charge in [-0.05, 0) is 18.4 Å². The van der Waals surface area contributed by atoms with Crippen LogP contribution in [0.4, 0.5) is 0 Å². The molecule has 98 valence electrons. The average molecular weight is 256 g/mol. The number of carbonyl (C=O) groups excluding carboxylic acids is 1. The van der Waals surface area contributed by atoms with Crippen LogP contribution in [0, 0.1) is 12.3 Å². The lowest BCUT2D eigenvalue weighted by atomic mass is 10.1. The minimum Gasteiger partial charge on any atom is -0.457 e. The molecule has 0 fully saturated rings. The highest BCUT2D eigenvalue weighted by Crippen LogP contribution is 2.02. The van der Waals surface area contributed by atoms with Gasteiger partial charge in [-0.2, -0.15) is 4.79 Å². The first-order valence-electron chi connectivity index (χ1n) is 6.13. The first-order valence-corrected chi connectivity index (χ1v) is 6.13. The van der Waals surface area contributed by atoms with Crippen molar-refractivity contribution in [3.63, 3.8) is 0 Å². The molecule has 0 bridgehead atoms. The fourth-order valence-corrected chi connectivity index (χ4v) is 1.51. The summed E-state index contributed by atoms with van der Waals surface area (Å²) in [5.74, 6) is 1.93. The van der Waals surface area contributed by atoms with Crippen molar-refractivity contribution in [2.24, 2.45) is 0 Å². The van der Waals surface area contributed by atoms with E-state index in [0.29, 0.717) is 12.8 Å². The zero-order valence-corrected chi connectivity index (χ0v) is 10.7. The Labute approximate surface area is 113 Å². The van der Waals surface area contributed by atoms with Crippen molar-refractivity contribution in [2.75, 3.05) is 6.61 Å². The van der Waals surface area contributed by atoms with Gasteiger partial charge in [0.25, 0.3) is 0 Å². The summed E-state index contributed by atoms with van der Waals surface area (Å²) < 4.78 is 5.02. The monoisotopic (exact) mass is 256 g/mol. The van der Waals surface area contributed by atoms with Gasteiger partial charge in [-0.15, -0.1) is 12.3 Å². The zero-order chi connectivity index (χ0) is 13.9. The second-order valence-electron chi connectivity index (χ2n) is 4.01. The lowest BCUT2D eigenvalue weighted by Crippen LogP contribution is -2.21. The molecule has 0 N–H and O–H groups in total. The zero-order valence-electron chi connectivity index (χ0n) is 10.7. The molecule has 0 aliphatic carbocycles. The quantitative estimate of drug-likeness (QED) is 0.187. The van der Waals surface area contributed by atoms with Crippen LogP contribution >= 0.6 is 0 Å². The summed E-state index contributed by atoms with van der Waals surface area (Å²) in [5, 5.41) is 0. The fourth-order valence-electron chi connectivity index (χ4n) is 1.51. The molecule has 0 spiro atoms. The molecule has 0 radical (unpaired) electrons. The second kappa shape index (κ2) is 8.68. The van der Waals surface area contributed by atoms with Gasteiger partial charge in [0.05, 0.1) is 13.0 Å². The van der Waals surface area contributed by atoms with Crippen LogP contribution in [-0.2, 0) is 16.0 Å². The van der Waals surface area contributed by atoms with E-state index in [2.05, 4.69) is 10.7 Å². The van der Waals surface area contributed by atoms with E-state index in [1.54, 1.807) is 0 Å². The number of unbranched alkanes of at least 4 members (excludes halogenated alkanes) is 2. The van der Waals surface area contributed by atoms with Crippen LogP contribution < -0.4 is 0 Å². The van der Waals surface area contributed by atoms with Crippen molar-refractivity contribution in [3.05, 3.63) is 41.4 Å². The van der Waals surface area contributed by atoms with E-state index in [1.165, 1.54) is 0 Å². The van der Waals surface area contributed by atoms with Crippen LogP contribution in [0.2, 0.25) is 0 Å². The van der Waals surface area contributed by atoms with E-state index >= 15 is 0 Å². The minimum atomic E-state index is -0.591. The van der Waals surface area contributed by atoms with Crippen molar-refractivity contribution >= 4 is 11.7 Å². The van der Waals surface area contributed by atoms with E-state index < -0.39 is 5.97 Å². The average Bonchev–Trinajstić information content (AvgIpc) is 2.45. The number of ether oxygens (including phenoxy) is 1. The van der Waals surface area contributed by atoms with Crippen LogP contribution in [0.3, 0.4) is 0 Å². The molecule has 19 heavy (non-hydrogen) atoms. The number of hydrogen-bond acceptors (Lipinski definition) is 2. The minimum absolute atomic E-state index is 0.00292. The van der Waals surface area contributed by atoms with Gasteiger partial charge in [-0.3, -0.25) is 0 Å². The Kier molecular flexibility index (Phi) is 6.71. The Morgan fingerprint density at radius 3 is 2.68 bits per heavy atom. The molecule has 0 aliphatic heterocycles. The van der Waals surface area contributed by atoms with Gasteiger partial charge in [0, 0.05) is 6.42 Å². The lowest BCUT2D eigenvalue weighted by Gasteiger charge is -2.01. The standard InChI is InChI=1S/C15H16N2O2/c1-2-3-4-8-11-19-15(18)14(17-16)12-13-9-6-5-7-10-13/h1,5-7,9-10H,3-4,8,11-12H2. The molecular weight excluding hydrogens is 240 g/mol. The smallest absolute Gasteiger partial charge is 0.417 e. The Morgan fingerprint density at radius 1 is 1.32 bits per heavy atom. The molecule has 0 saturated heterocycles. The predicted molar refractivity (Wildman–Crippen MR) is 72.4 cm³/mol. The van der Waals surface area contributed by atoms with Crippen molar-refractivity contribution in [3.8, 4) is 12.3 Å². The van der Waals surface area contributed by atoms with Crippen molar-refractivity contribution in [1.82, 2.24) is 0 Å². The molecule has 1 rings (SSSR count). The van der Waals surface area contributed by atoms with Crippen LogP contribution in [0.5, 0.6) is 0 Å². The Morgan fingerprint density at radius 2 is 2.05 bits per heavy atom. The number of hydrogen-bond donors (Lipinski definition) is 0. The summed E-state index contributed by atoms with van der Waals surface area (Å²) in [5.41, 5.74) is 9.75. The van der Waals surface area contributed by atoms with Gasteiger partial charge in [0.1, 0.15) is 0 Å². The van der Waals surface area contributed by atoms with Crippen LogP contribution in [0.25, 0.3) is 5.53 Å². The van der Waals surface area contributed by atoms with E-state index in [-0.39, 0.29) is 18.7 Å². The largest absolute Gasteiger partial charge is 0.457 e. The summed E-state index contributed by atoms with van der Waals surface area (Å²) in [7, 11) is 0. The second-order valence-corrected chi connectivity index (χ2v) is 4.01. The molecule has 0 amide bonds. The molecule has 1 aromatic carbocycles. The maximum Gasteiger partial charge on any atom is 0.417 e. The number of nitrogens with zero attached hydrogens (tertiary/aromatic N) is 2. The molecule has 4 nitrogen and oxygen atoms in total. The van der Waals surface area contributed by atoms with Crippen LogP contribution in [0.15, 0.2) is 30.3 Å². The Bertz CT molecular complexity index is 497. The maximum atomic E-state index is 11.7. The summed E-state index contributed by atoms with van der Waals surface area (Å²) >= 11 is 0. The molecular formula is C15H16N2O2. The van der Waals surface area contributed by atoms with Gasteiger partial charge in [-0.25, -0.2) is 4.79 Å². The highest BCUT2D eigenvalue weighted by Gasteiger charge is 2.21. The van der Waals surface area contributed by atoms with E-state index in [4.69, 9.17) is 16.7 Å². The molecule has 0 unspecified atom stereocenters. The number of rotatable bonds is 7. The third-order valence-electron chi connectivity index (χ3n) is 2.52. The van der Waals surface area contributed by atoms with E-state index in [9.17, 15) is 4.79 Å². The SMILES string of the molecule is C#CCCCCOC(=O)C(Cc1ccccc1)=[N+]=[N-]. The third kappa shape index (κ3) is 5.67. The molecule has 0 aliphatic rings. The summed E-state index contributed by atoms with van der Waals surface area (Å²) in [4.78, 5) is 14.7. The molecule has 0 heterocycles. The van der Waals surface area contributed by atoms with Gasteiger partial charge in [0.15, 0.2) is 0 Å². The van der Waals surface area contributed by atoms with Crippen LogP contribution in [-0.4, -0.2) is 23.1 Å². The normalized spacial score (nSPS) is 9.21. The topological polar surface area (TPSA) is 62.7 Å². The predicted octanol–water partition coefficient (Wildman–Crippen LogP) is 2.25. The number of benzene rings is 1. The van der Waals surface area contributed by atoms with Crippen LogP contribution in [0.1, 0.15) is 24.8 Å². The number of esters is 1. The highest BCUT2D eigenvalue weighted by molar-refractivity contribution is 6.34. The summed E-state index contributed by atoms with van der Waals surface area (Å²) in [6.45, 7) is 0.286. The van der Waals surface area contributed by atoms with Crippen molar-refractivity contribution < 1.29 is 14.3 Å². The first-order chi connectivity index (χ1) is 9.27. The van der Waals surface area contributed by atoms with Gasteiger partial charge in [0.2, 0.25) is 0 Å². The molecule has 0 aromatic heterocycles. The van der Waals surface area contributed by atoms with Gasteiger partial charge >= 0.3 is 11.7 Å². The summed E-state index contributed by atoms with van der Waals surface area (Å²) in [6, 6.07) is 9.30. The van der Waals surface area contributed by atoms with Crippen molar-refractivity contribution in [1.29, 1.82) is 0 Å². The van der Waals surface area contributed by atoms with Gasteiger partial charge < -0.3 is 10.3 Å².